The van der Waals surface area contributed by atoms with Crippen molar-refractivity contribution in [1.82, 2.24) is 0 Å². The SMILES string of the molecule is Cc1cc(C(C)C=O)ccc1OCc1ccccc1. The molecule has 0 bridgehead atoms. The molecule has 2 aromatic carbocycles. The van der Waals surface area contributed by atoms with E-state index >= 15 is 0 Å². The smallest absolute Gasteiger partial charge is 0.127 e. The Morgan fingerprint density at radius 1 is 1.16 bits per heavy atom. The van der Waals surface area contributed by atoms with Crippen molar-refractivity contribution in [1.29, 1.82) is 0 Å². The Hall–Kier alpha value is -2.09. The van der Waals surface area contributed by atoms with Gasteiger partial charge in [0, 0.05) is 5.92 Å². The molecule has 98 valence electrons. The maximum absolute atomic E-state index is 10.8. The summed E-state index contributed by atoms with van der Waals surface area (Å²) in [6.45, 7) is 4.46. The average molecular weight is 254 g/mol. The number of aldehydes is 1. The summed E-state index contributed by atoms with van der Waals surface area (Å²) in [5, 5.41) is 0. The van der Waals surface area contributed by atoms with Gasteiger partial charge in [0.15, 0.2) is 0 Å². The highest BCUT2D eigenvalue weighted by atomic mass is 16.5. The largest absolute Gasteiger partial charge is 0.489 e. The van der Waals surface area contributed by atoms with Crippen LogP contribution in [0.2, 0.25) is 0 Å². The van der Waals surface area contributed by atoms with E-state index in [0.29, 0.717) is 6.61 Å². The minimum atomic E-state index is -0.0677. The van der Waals surface area contributed by atoms with Crippen LogP contribution in [0.1, 0.15) is 29.5 Å². The Morgan fingerprint density at radius 3 is 2.53 bits per heavy atom. The van der Waals surface area contributed by atoms with Crippen molar-refractivity contribution < 1.29 is 9.53 Å². The number of hydrogen-bond acceptors (Lipinski definition) is 2. The Balaban J connectivity index is 2.07. The monoisotopic (exact) mass is 254 g/mol. The number of ether oxygens (including phenoxy) is 1. The van der Waals surface area contributed by atoms with E-state index in [4.69, 9.17) is 4.74 Å². The third-order valence-corrected chi connectivity index (χ3v) is 3.17. The van der Waals surface area contributed by atoms with Crippen LogP contribution in [0.15, 0.2) is 48.5 Å². The normalized spacial score (nSPS) is 11.9. The molecule has 1 atom stereocenters. The molecule has 0 saturated carbocycles. The first-order chi connectivity index (χ1) is 9.20. The third-order valence-electron chi connectivity index (χ3n) is 3.17. The number of carbonyl (C=O) groups excluding carboxylic acids is 1. The lowest BCUT2D eigenvalue weighted by atomic mass is 10.0. The van der Waals surface area contributed by atoms with Gasteiger partial charge in [-0.3, -0.25) is 0 Å². The van der Waals surface area contributed by atoms with Crippen LogP contribution >= 0.6 is 0 Å². The van der Waals surface area contributed by atoms with Crippen molar-refractivity contribution in [3.63, 3.8) is 0 Å². The van der Waals surface area contributed by atoms with Gasteiger partial charge < -0.3 is 9.53 Å². The van der Waals surface area contributed by atoms with Crippen LogP contribution < -0.4 is 4.74 Å². The molecule has 0 heterocycles. The summed E-state index contributed by atoms with van der Waals surface area (Å²) in [5.41, 5.74) is 3.23. The molecule has 0 amide bonds. The van der Waals surface area contributed by atoms with Gasteiger partial charge in [-0.1, -0.05) is 49.4 Å². The van der Waals surface area contributed by atoms with Gasteiger partial charge in [0.05, 0.1) is 0 Å². The summed E-state index contributed by atoms with van der Waals surface area (Å²) in [6.07, 6.45) is 0.958. The summed E-state index contributed by atoms with van der Waals surface area (Å²) in [5.74, 6) is 0.799. The second kappa shape index (κ2) is 6.19. The van der Waals surface area contributed by atoms with Gasteiger partial charge in [-0.05, 0) is 29.7 Å². The van der Waals surface area contributed by atoms with Crippen molar-refractivity contribution in [2.24, 2.45) is 0 Å². The Morgan fingerprint density at radius 2 is 1.89 bits per heavy atom. The molecule has 0 aromatic heterocycles. The van der Waals surface area contributed by atoms with E-state index in [1.54, 1.807) is 0 Å². The van der Waals surface area contributed by atoms with Crippen molar-refractivity contribution in [3.8, 4) is 5.75 Å². The Kier molecular flexibility index (Phi) is 4.35. The first-order valence-corrected chi connectivity index (χ1v) is 6.43. The second-order valence-corrected chi connectivity index (χ2v) is 4.72. The highest BCUT2D eigenvalue weighted by Crippen LogP contribution is 2.23. The van der Waals surface area contributed by atoms with Crippen molar-refractivity contribution >= 4 is 6.29 Å². The van der Waals surface area contributed by atoms with E-state index in [0.717, 1.165) is 28.7 Å². The topological polar surface area (TPSA) is 26.3 Å². The molecule has 0 radical (unpaired) electrons. The van der Waals surface area contributed by atoms with E-state index in [9.17, 15) is 4.79 Å². The van der Waals surface area contributed by atoms with Crippen LogP contribution in [0.3, 0.4) is 0 Å². The quantitative estimate of drug-likeness (QED) is 0.757. The van der Waals surface area contributed by atoms with Crippen molar-refractivity contribution in [3.05, 3.63) is 65.2 Å². The maximum Gasteiger partial charge on any atom is 0.127 e. The van der Waals surface area contributed by atoms with Crippen LogP contribution in [0.4, 0.5) is 0 Å². The van der Waals surface area contributed by atoms with Gasteiger partial charge in [-0.2, -0.15) is 0 Å². The lowest BCUT2D eigenvalue weighted by Crippen LogP contribution is -1.99. The van der Waals surface area contributed by atoms with Crippen molar-refractivity contribution in [2.75, 3.05) is 0 Å². The van der Waals surface area contributed by atoms with Crippen LogP contribution in [0, 0.1) is 6.92 Å². The minimum Gasteiger partial charge on any atom is -0.489 e. The fourth-order valence-electron chi connectivity index (χ4n) is 1.93. The van der Waals surface area contributed by atoms with Crippen LogP contribution in [-0.2, 0) is 11.4 Å². The van der Waals surface area contributed by atoms with Gasteiger partial charge in [0.2, 0.25) is 0 Å². The molecule has 1 unspecified atom stereocenters. The fraction of sp³-hybridized carbons (Fsp3) is 0.235. The number of aryl methyl sites for hydroxylation is 1. The fourth-order valence-corrected chi connectivity index (χ4v) is 1.93. The van der Waals surface area contributed by atoms with Gasteiger partial charge in [0.1, 0.15) is 18.6 Å². The predicted molar refractivity (Wildman–Crippen MR) is 76.4 cm³/mol. The maximum atomic E-state index is 10.8. The number of rotatable bonds is 5. The highest BCUT2D eigenvalue weighted by Gasteiger charge is 2.07. The van der Waals surface area contributed by atoms with Gasteiger partial charge in [-0.15, -0.1) is 0 Å². The Labute approximate surface area is 114 Å². The zero-order chi connectivity index (χ0) is 13.7. The molecule has 0 aliphatic carbocycles. The predicted octanol–water partition coefficient (Wildman–Crippen LogP) is 3.88. The molecule has 0 aliphatic heterocycles. The summed E-state index contributed by atoms with van der Waals surface area (Å²) < 4.78 is 5.80. The van der Waals surface area contributed by atoms with E-state index in [2.05, 4.69) is 0 Å². The van der Waals surface area contributed by atoms with Crippen LogP contribution in [-0.4, -0.2) is 6.29 Å². The first-order valence-electron chi connectivity index (χ1n) is 6.43. The molecule has 0 aliphatic rings. The van der Waals surface area contributed by atoms with Gasteiger partial charge >= 0.3 is 0 Å². The molecule has 2 nitrogen and oxygen atoms in total. The third kappa shape index (κ3) is 3.44. The molecule has 0 N–H and O–H groups in total. The molecule has 2 aromatic rings. The highest BCUT2D eigenvalue weighted by molar-refractivity contribution is 5.62. The number of carbonyl (C=O) groups is 1. The molecular weight excluding hydrogens is 236 g/mol. The molecule has 0 fully saturated rings. The first kappa shape index (κ1) is 13.3. The van der Waals surface area contributed by atoms with Crippen LogP contribution in [0.5, 0.6) is 5.75 Å². The zero-order valence-corrected chi connectivity index (χ0v) is 11.3. The minimum absolute atomic E-state index is 0.0677. The summed E-state index contributed by atoms with van der Waals surface area (Å²) in [7, 11) is 0. The molecular formula is C17H18O2. The number of hydrogen-bond donors (Lipinski definition) is 0. The van der Waals surface area contributed by atoms with E-state index in [-0.39, 0.29) is 5.92 Å². The second-order valence-electron chi connectivity index (χ2n) is 4.72. The Bertz CT molecular complexity index is 546. The lowest BCUT2D eigenvalue weighted by molar-refractivity contribution is -0.108. The molecule has 2 heteroatoms. The van der Waals surface area contributed by atoms with E-state index < -0.39 is 0 Å². The van der Waals surface area contributed by atoms with Crippen molar-refractivity contribution in [2.45, 2.75) is 26.4 Å². The molecule has 2 rings (SSSR count). The standard InChI is InChI=1S/C17H18O2/c1-13-10-16(14(2)11-18)8-9-17(13)19-12-15-6-4-3-5-7-15/h3-11,14H,12H2,1-2H3. The average Bonchev–Trinajstić information content (AvgIpc) is 2.46. The summed E-state index contributed by atoms with van der Waals surface area (Å²) in [6, 6.07) is 16.0. The van der Waals surface area contributed by atoms with Gasteiger partial charge in [-0.25, -0.2) is 0 Å². The molecule has 19 heavy (non-hydrogen) atoms. The summed E-state index contributed by atoms with van der Waals surface area (Å²) >= 11 is 0. The molecule has 0 spiro atoms. The zero-order valence-electron chi connectivity index (χ0n) is 11.3. The molecule has 0 saturated heterocycles. The summed E-state index contributed by atoms with van der Waals surface area (Å²) in [4.78, 5) is 10.8. The van der Waals surface area contributed by atoms with E-state index in [1.807, 2.05) is 62.4 Å². The van der Waals surface area contributed by atoms with E-state index in [1.165, 1.54) is 0 Å². The number of benzene rings is 2. The van der Waals surface area contributed by atoms with Crippen LogP contribution in [0.25, 0.3) is 0 Å². The lowest BCUT2D eigenvalue weighted by Gasteiger charge is -2.12. The van der Waals surface area contributed by atoms with Gasteiger partial charge in [0.25, 0.3) is 0 Å².